The molecule has 0 saturated carbocycles. The molecule has 144 valence electrons. The molecule has 0 spiro atoms. The number of ether oxygens (including phenoxy) is 2. The summed E-state index contributed by atoms with van der Waals surface area (Å²) in [5.41, 5.74) is 2.73. The second-order valence-electron chi connectivity index (χ2n) is 7.21. The number of hydrogen-bond donors (Lipinski definition) is 0. The standard InChI is InChI=1S/C22H28N2O3/c1-16-14-18(26-4)10-11-19(16)22(25)24-12-13-27-20(15-23(2)3)21(24)17-8-6-5-7-9-17/h5-11,14,20-21H,12-13,15H2,1-4H3/t20-,21-/m0/s1. The number of hydrogen-bond acceptors (Lipinski definition) is 4. The molecular formula is C22H28N2O3. The predicted octanol–water partition coefficient (Wildman–Crippen LogP) is 3.15. The van der Waals surface area contributed by atoms with Crippen molar-refractivity contribution < 1.29 is 14.3 Å². The third-order valence-corrected chi connectivity index (χ3v) is 4.96. The van der Waals surface area contributed by atoms with Crippen LogP contribution in [0.3, 0.4) is 0 Å². The van der Waals surface area contributed by atoms with Crippen molar-refractivity contribution in [1.29, 1.82) is 0 Å². The lowest BCUT2D eigenvalue weighted by Crippen LogP contribution is -2.51. The summed E-state index contributed by atoms with van der Waals surface area (Å²) in [4.78, 5) is 17.5. The molecule has 0 bridgehead atoms. The van der Waals surface area contributed by atoms with Gasteiger partial charge < -0.3 is 19.3 Å². The Labute approximate surface area is 161 Å². The number of likely N-dealkylation sites (N-methyl/N-ethyl adjacent to an activating group) is 1. The maximum atomic E-state index is 13.5. The van der Waals surface area contributed by atoms with E-state index in [0.29, 0.717) is 18.7 Å². The third-order valence-electron chi connectivity index (χ3n) is 4.96. The Kier molecular flexibility index (Phi) is 6.14. The zero-order valence-corrected chi connectivity index (χ0v) is 16.5. The smallest absolute Gasteiger partial charge is 0.254 e. The predicted molar refractivity (Wildman–Crippen MR) is 106 cm³/mol. The van der Waals surface area contributed by atoms with Crippen LogP contribution in [0.5, 0.6) is 5.75 Å². The van der Waals surface area contributed by atoms with E-state index in [9.17, 15) is 4.79 Å². The lowest BCUT2D eigenvalue weighted by molar-refractivity contribution is -0.0684. The molecule has 1 aliphatic heterocycles. The van der Waals surface area contributed by atoms with Crippen LogP contribution in [0.15, 0.2) is 48.5 Å². The van der Waals surface area contributed by atoms with E-state index < -0.39 is 0 Å². The van der Waals surface area contributed by atoms with E-state index in [1.165, 1.54) is 0 Å². The van der Waals surface area contributed by atoms with Gasteiger partial charge in [-0.3, -0.25) is 4.79 Å². The first kappa shape index (κ1) is 19.4. The van der Waals surface area contributed by atoms with E-state index >= 15 is 0 Å². The molecule has 27 heavy (non-hydrogen) atoms. The van der Waals surface area contributed by atoms with Crippen LogP contribution in [0.25, 0.3) is 0 Å². The second-order valence-corrected chi connectivity index (χ2v) is 7.21. The van der Waals surface area contributed by atoms with Gasteiger partial charge in [0, 0.05) is 18.7 Å². The van der Waals surface area contributed by atoms with Crippen LogP contribution in [0.2, 0.25) is 0 Å². The molecule has 1 amide bonds. The molecule has 0 aromatic heterocycles. The molecule has 0 N–H and O–H groups in total. The van der Waals surface area contributed by atoms with Gasteiger partial charge in [0.25, 0.3) is 5.91 Å². The summed E-state index contributed by atoms with van der Waals surface area (Å²) in [7, 11) is 5.69. The van der Waals surface area contributed by atoms with Gasteiger partial charge in [-0.15, -0.1) is 0 Å². The van der Waals surface area contributed by atoms with Gasteiger partial charge >= 0.3 is 0 Å². The second kappa shape index (κ2) is 8.55. The van der Waals surface area contributed by atoms with Crippen LogP contribution in [-0.2, 0) is 4.74 Å². The first-order valence-electron chi connectivity index (χ1n) is 9.28. The zero-order chi connectivity index (χ0) is 19.4. The van der Waals surface area contributed by atoms with Crippen LogP contribution in [0, 0.1) is 6.92 Å². The molecular weight excluding hydrogens is 340 g/mol. The van der Waals surface area contributed by atoms with Crippen molar-refractivity contribution in [2.45, 2.75) is 19.1 Å². The minimum absolute atomic E-state index is 0.0380. The number of amides is 1. The van der Waals surface area contributed by atoms with Crippen LogP contribution in [0.1, 0.15) is 27.5 Å². The SMILES string of the molecule is COc1ccc(C(=O)N2CCO[C@@H](CN(C)C)[C@@H]2c2ccccc2)c(C)c1. The molecule has 5 heteroatoms. The molecule has 1 fully saturated rings. The zero-order valence-electron chi connectivity index (χ0n) is 16.5. The van der Waals surface area contributed by atoms with Crippen LogP contribution in [-0.4, -0.2) is 62.7 Å². The molecule has 0 aliphatic carbocycles. The first-order valence-corrected chi connectivity index (χ1v) is 9.28. The summed E-state index contributed by atoms with van der Waals surface area (Å²) in [6.45, 7) is 3.83. The van der Waals surface area contributed by atoms with Crippen LogP contribution >= 0.6 is 0 Å². The van der Waals surface area contributed by atoms with Gasteiger partial charge in [-0.05, 0) is 50.3 Å². The van der Waals surface area contributed by atoms with Crippen LogP contribution in [0.4, 0.5) is 0 Å². The van der Waals surface area contributed by atoms with Crippen molar-refractivity contribution in [3.8, 4) is 5.75 Å². The summed E-state index contributed by atoms with van der Waals surface area (Å²) >= 11 is 0. The van der Waals surface area contributed by atoms with Gasteiger partial charge in [0.15, 0.2) is 0 Å². The van der Waals surface area contributed by atoms with Crippen molar-refractivity contribution >= 4 is 5.91 Å². The van der Waals surface area contributed by atoms with E-state index in [1.807, 2.05) is 62.3 Å². The highest BCUT2D eigenvalue weighted by Crippen LogP contribution is 2.32. The summed E-state index contributed by atoms with van der Waals surface area (Å²) in [6, 6.07) is 15.7. The van der Waals surface area contributed by atoms with Crippen LogP contribution < -0.4 is 4.74 Å². The molecule has 5 nitrogen and oxygen atoms in total. The fourth-order valence-electron chi connectivity index (χ4n) is 3.68. The van der Waals surface area contributed by atoms with Crippen molar-refractivity contribution in [3.05, 3.63) is 65.2 Å². The molecule has 3 rings (SSSR count). The molecule has 2 atom stereocenters. The maximum absolute atomic E-state index is 13.5. The number of aryl methyl sites for hydroxylation is 1. The highest BCUT2D eigenvalue weighted by atomic mass is 16.5. The normalized spacial score (nSPS) is 20.0. The Hall–Kier alpha value is -2.37. The number of benzene rings is 2. The molecule has 1 saturated heterocycles. The Morgan fingerprint density at radius 2 is 1.96 bits per heavy atom. The summed E-state index contributed by atoms with van der Waals surface area (Å²) in [5.74, 6) is 0.798. The fourth-order valence-corrected chi connectivity index (χ4v) is 3.68. The van der Waals surface area contributed by atoms with Gasteiger partial charge in [0.05, 0.1) is 25.9 Å². The van der Waals surface area contributed by atoms with Crippen molar-refractivity contribution in [3.63, 3.8) is 0 Å². The van der Waals surface area contributed by atoms with Crippen molar-refractivity contribution in [2.24, 2.45) is 0 Å². The average molecular weight is 368 g/mol. The molecule has 1 heterocycles. The molecule has 2 aromatic carbocycles. The summed E-state index contributed by atoms with van der Waals surface area (Å²) < 4.78 is 11.4. The Morgan fingerprint density at radius 3 is 2.59 bits per heavy atom. The van der Waals surface area contributed by atoms with Gasteiger partial charge in [0.1, 0.15) is 5.75 Å². The van der Waals surface area contributed by atoms with Gasteiger partial charge in [-0.2, -0.15) is 0 Å². The molecule has 1 aliphatic rings. The third kappa shape index (κ3) is 4.31. The average Bonchev–Trinajstić information content (AvgIpc) is 2.67. The number of rotatable bonds is 5. The topological polar surface area (TPSA) is 42.0 Å². The minimum atomic E-state index is -0.114. The van der Waals surface area contributed by atoms with Gasteiger partial charge in [-0.1, -0.05) is 30.3 Å². The van der Waals surface area contributed by atoms with E-state index in [-0.39, 0.29) is 18.1 Å². The first-order chi connectivity index (χ1) is 13.0. The van der Waals surface area contributed by atoms with Gasteiger partial charge in [0.2, 0.25) is 0 Å². The number of carbonyl (C=O) groups is 1. The molecule has 0 unspecified atom stereocenters. The monoisotopic (exact) mass is 368 g/mol. The molecule has 2 aromatic rings. The van der Waals surface area contributed by atoms with Gasteiger partial charge in [-0.25, -0.2) is 0 Å². The lowest BCUT2D eigenvalue weighted by atomic mass is 9.96. The Morgan fingerprint density at radius 1 is 1.22 bits per heavy atom. The summed E-state index contributed by atoms with van der Waals surface area (Å²) in [6.07, 6.45) is -0.0707. The lowest BCUT2D eigenvalue weighted by Gasteiger charge is -2.42. The highest BCUT2D eigenvalue weighted by Gasteiger charge is 2.37. The Balaban J connectivity index is 1.96. The number of methoxy groups -OCH3 is 1. The molecule has 0 radical (unpaired) electrons. The number of nitrogens with zero attached hydrogens (tertiary/aromatic N) is 2. The Bertz CT molecular complexity index is 776. The van der Waals surface area contributed by atoms with E-state index in [2.05, 4.69) is 17.0 Å². The fraction of sp³-hybridized carbons (Fsp3) is 0.409. The highest BCUT2D eigenvalue weighted by molar-refractivity contribution is 5.96. The minimum Gasteiger partial charge on any atom is -0.497 e. The van der Waals surface area contributed by atoms with E-state index in [4.69, 9.17) is 9.47 Å². The summed E-state index contributed by atoms with van der Waals surface area (Å²) in [5, 5.41) is 0. The van der Waals surface area contributed by atoms with Crippen molar-refractivity contribution in [2.75, 3.05) is 40.9 Å². The number of morpholine rings is 1. The van der Waals surface area contributed by atoms with E-state index in [0.717, 1.165) is 23.4 Å². The van der Waals surface area contributed by atoms with Crippen molar-refractivity contribution in [1.82, 2.24) is 9.80 Å². The quantitative estimate of drug-likeness (QED) is 0.813. The van der Waals surface area contributed by atoms with E-state index in [1.54, 1.807) is 7.11 Å². The largest absolute Gasteiger partial charge is 0.497 e. The maximum Gasteiger partial charge on any atom is 0.254 e. The number of carbonyl (C=O) groups excluding carboxylic acids is 1.